The topological polar surface area (TPSA) is 80.3 Å². The Morgan fingerprint density at radius 3 is 0.947 bits per heavy atom. The predicted octanol–water partition coefficient (Wildman–Crippen LogP) is 5.62. The molecule has 1 aliphatic carbocycles. The van der Waals surface area contributed by atoms with Crippen molar-refractivity contribution in [3.8, 4) is 0 Å². The van der Waals surface area contributed by atoms with Crippen molar-refractivity contribution in [1.82, 2.24) is 0 Å². The maximum absolute atomic E-state index is 12.5. The van der Waals surface area contributed by atoms with E-state index >= 15 is 0 Å². The van der Waals surface area contributed by atoms with Crippen molar-refractivity contribution in [3.05, 3.63) is 66.8 Å². The molecule has 2 aromatic rings. The molecule has 3 rings (SSSR count). The quantitative estimate of drug-likeness (QED) is 0.277. The predicted molar refractivity (Wildman–Crippen MR) is 151 cm³/mol. The van der Waals surface area contributed by atoms with Gasteiger partial charge in [0.2, 0.25) is 0 Å². The lowest BCUT2D eigenvalue weighted by atomic mass is 9.70. The fraction of sp³-hybridized carbons (Fsp3) is 0.588. The Kier molecular flexibility index (Phi) is 10.6. The number of carbonyl (C=O) groups is 2. The number of aromatic carboxylic acids is 2. The molecule has 0 N–H and O–H groups in total. The third kappa shape index (κ3) is 5.55. The summed E-state index contributed by atoms with van der Waals surface area (Å²) in [4.78, 5) is 24.9. The Hall–Kier alpha value is -2.62. The van der Waals surface area contributed by atoms with Gasteiger partial charge in [0.1, 0.15) is 0 Å². The maximum Gasteiger partial charge on any atom is 0.0724 e. The van der Waals surface area contributed by atoms with Crippen LogP contribution in [0.5, 0.6) is 0 Å². The van der Waals surface area contributed by atoms with E-state index in [-0.39, 0.29) is 11.1 Å². The number of fused-ring (bicyclic) bond motifs is 2. The first kappa shape index (κ1) is 29.9. The van der Waals surface area contributed by atoms with Crippen molar-refractivity contribution in [1.29, 1.82) is 0 Å². The highest BCUT2D eigenvalue weighted by molar-refractivity contribution is 6.03. The van der Waals surface area contributed by atoms with Crippen LogP contribution in [-0.4, -0.2) is 11.9 Å². The summed E-state index contributed by atoms with van der Waals surface area (Å²) in [5, 5.41) is 24.9. The molecule has 0 saturated carbocycles. The molecular weight excluding hydrogens is 472 g/mol. The Bertz CT molecular complexity index is 1100. The van der Waals surface area contributed by atoms with Gasteiger partial charge in [-0.15, -0.1) is 0 Å². The monoisotopic (exact) mass is 518 g/mol. The average Bonchev–Trinajstić information content (AvgIpc) is 2.88. The minimum atomic E-state index is -1.40. The SMILES string of the molecule is CCCc1c(CCC)c(CCC)c2c(c1CCC)Cc1c(c(CCC)c(C(=O)[O-])c(C(=O)[O-])c1CCC)C2. The molecule has 0 heterocycles. The molecule has 4 heteroatoms. The minimum absolute atomic E-state index is 0.139. The normalized spacial score (nSPS) is 12.4. The van der Waals surface area contributed by atoms with Gasteiger partial charge < -0.3 is 19.8 Å². The first-order valence-corrected chi connectivity index (χ1v) is 15.1. The summed E-state index contributed by atoms with van der Waals surface area (Å²) in [6, 6.07) is 0. The number of carbonyl (C=O) groups excluding carboxylic acids is 2. The fourth-order valence-corrected chi connectivity index (χ4v) is 6.98. The molecule has 0 fully saturated rings. The van der Waals surface area contributed by atoms with Gasteiger partial charge in [-0.2, -0.15) is 0 Å². The van der Waals surface area contributed by atoms with E-state index in [1.165, 1.54) is 33.4 Å². The zero-order chi connectivity index (χ0) is 28.0. The highest BCUT2D eigenvalue weighted by atomic mass is 16.4. The number of carboxylic acids is 2. The molecule has 38 heavy (non-hydrogen) atoms. The van der Waals surface area contributed by atoms with Gasteiger partial charge in [-0.3, -0.25) is 0 Å². The van der Waals surface area contributed by atoms with Crippen molar-refractivity contribution in [3.63, 3.8) is 0 Å². The van der Waals surface area contributed by atoms with Crippen LogP contribution in [0.4, 0.5) is 0 Å². The van der Waals surface area contributed by atoms with Crippen molar-refractivity contribution in [2.45, 2.75) is 131 Å². The summed E-state index contributed by atoms with van der Waals surface area (Å²) in [7, 11) is 0. The zero-order valence-electron chi connectivity index (χ0n) is 24.5. The lowest BCUT2D eigenvalue weighted by molar-refractivity contribution is -0.259. The Labute approximate surface area is 229 Å². The molecule has 0 radical (unpaired) electrons. The van der Waals surface area contributed by atoms with E-state index in [2.05, 4.69) is 27.7 Å². The second-order valence-electron chi connectivity index (χ2n) is 11.0. The summed E-state index contributed by atoms with van der Waals surface area (Å²) >= 11 is 0. The second-order valence-corrected chi connectivity index (χ2v) is 11.0. The van der Waals surface area contributed by atoms with Crippen molar-refractivity contribution in [2.75, 3.05) is 0 Å². The van der Waals surface area contributed by atoms with E-state index in [0.29, 0.717) is 36.8 Å². The number of hydrogen-bond donors (Lipinski definition) is 0. The Morgan fingerprint density at radius 1 is 0.447 bits per heavy atom. The largest absolute Gasteiger partial charge is 0.545 e. The molecule has 0 aliphatic heterocycles. The summed E-state index contributed by atoms with van der Waals surface area (Å²) in [5.74, 6) is -2.80. The van der Waals surface area contributed by atoms with Crippen LogP contribution >= 0.6 is 0 Å². The van der Waals surface area contributed by atoms with Gasteiger partial charge in [0.05, 0.1) is 11.9 Å². The van der Waals surface area contributed by atoms with Gasteiger partial charge in [-0.1, -0.05) is 80.1 Å². The van der Waals surface area contributed by atoms with Crippen LogP contribution in [0.3, 0.4) is 0 Å². The van der Waals surface area contributed by atoms with Gasteiger partial charge in [0.15, 0.2) is 0 Å². The number of hydrogen-bond acceptors (Lipinski definition) is 4. The van der Waals surface area contributed by atoms with Crippen LogP contribution in [0.2, 0.25) is 0 Å². The Balaban J connectivity index is 2.50. The van der Waals surface area contributed by atoms with Crippen LogP contribution in [0.25, 0.3) is 0 Å². The van der Waals surface area contributed by atoms with Crippen LogP contribution in [0.15, 0.2) is 0 Å². The van der Waals surface area contributed by atoms with Gasteiger partial charge in [0.25, 0.3) is 0 Å². The van der Waals surface area contributed by atoms with E-state index < -0.39 is 11.9 Å². The minimum Gasteiger partial charge on any atom is -0.545 e. The van der Waals surface area contributed by atoms with E-state index in [4.69, 9.17) is 0 Å². The van der Waals surface area contributed by atoms with E-state index in [0.717, 1.165) is 75.3 Å². The summed E-state index contributed by atoms with van der Waals surface area (Å²) < 4.78 is 0. The number of benzene rings is 2. The third-order valence-corrected chi connectivity index (χ3v) is 8.25. The molecule has 0 bridgehead atoms. The van der Waals surface area contributed by atoms with Crippen LogP contribution in [-0.2, 0) is 51.4 Å². The van der Waals surface area contributed by atoms with Gasteiger partial charge >= 0.3 is 0 Å². The average molecular weight is 519 g/mol. The lowest BCUT2D eigenvalue weighted by Crippen LogP contribution is -2.35. The fourth-order valence-electron chi connectivity index (χ4n) is 6.98. The molecule has 4 nitrogen and oxygen atoms in total. The first-order valence-electron chi connectivity index (χ1n) is 15.1. The van der Waals surface area contributed by atoms with Crippen LogP contribution < -0.4 is 10.2 Å². The van der Waals surface area contributed by atoms with E-state index in [1.807, 2.05) is 13.8 Å². The molecule has 0 unspecified atom stereocenters. The molecule has 2 aromatic carbocycles. The molecule has 0 amide bonds. The molecule has 0 saturated heterocycles. The van der Waals surface area contributed by atoms with Crippen molar-refractivity contribution >= 4 is 11.9 Å². The third-order valence-electron chi connectivity index (χ3n) is 8.25. The molecule has 0 spiro atoms. The molecule has 0 aromatic heterocycles. The van der Waals surface area contributed by atoms with Crippen LogP contribution in [0, 0.1) is 0 Å². The van der Waals surface area contributed by atoms with E-state index in [9.17, 15) is 19.8 Å². The number of rotatable bonds is 14. The maximum atomic E-state index is 12.5. The van der Waals surface area contributed by atoms with E-state index in [1.54, 1.807) is 0 Å². The lowest BCUT2D eigenvalue weighted by Gasteiger charge is -2.35. The summed E-state index contributed by atoms with van der Waals surface area (Å²) in [5.41, 5.74) is 11.9. The van der Waals surface area contributed by atoms with Gasteiger partial charge in [-0.05, 0) is 107 Å². The molecular formula is C34H46O4-2. The van der Waals surface area contributed by atoms with Crippen LogP contribution in [0.1, 0.15) is 156 Å². The number of carboxylic acid groups (broad SMARTS) is 2. The summed E-state index contributed by atoms with van der Waals surface area (Å²) in [6.07, 6.45) is 12.4. The molecule has 0 atom stereocenters. The highest BCUT2D eigenvalue weighted by Gasteiger charge is 2.31. The van der Waals surface area contributed by atoms with Crippen molar-refractivity contribution in [2.24, 2.45) is 0 Å². The van der Waals surface area contributed by atoms with Gasteiger partial charge in [-0.25, -0.2) is 0 Å². The zero-order valence-corrected chi connectivity index (χ0v) is 24.5. The van der Waals surface area contributed by atoms with Gasteiger partial charge in [0, 0.05) is 11.1 Å². The smallest absolute Gasteiger partial charge is 0.0724 e. The molecule has 208 valence electrons. The van der Waals surface area contributed by atoms with Crippen molar-refractivity contribution < 1.29 is 19.8 Å². The second kappa shape index (κ2) is 13.4. The highest BCUT2D eigenvalue weighted by Crippen LogP contribution is 2.43. The summed E-state index contributed by atoms with van der Waals surface area (Å²) in [6.45, 7) is 13.0. The Morgan fingerprint density at radius 2 is 0.684 bits per heavy atom. The molecule has 1 aliphatic rings. The standard InChI is InChI=1S/C34H48O4/c1-7-13-21-22(14-8-2)24(16-10-4)28-20-30-26(18-12-6)32(34(37)38)31(33(35)36)25(17-11-5)29(30)19-27(28)23(21)15-9-3/h7-20H2,1-6H3,(H,35,36)(H,37,38)/p-2. The first-order chi connectivity index (χ1) is 18.3.